The van der Waals surface area contributed by atoms with Gasteiger partial charge in [-0.1, -0.05) is 20.3 Å². The fourth-order valence-electron chi connectivity index (χ4n) is 3.60. The second-order valence-electron chi connectivity index (χ2n) is 6.40. The van der Waals surface area contributed by atoms with Crippen molar-refractivity contribution in [3.8, 4) is 0 Å². The van der Waals surface area contributed by atoms with Gasteiger partial charge in [0.15, 0.2) is 0 Å². The Balaban J connectivity index is 2.06. The Kier molecular flexibility index (Phi) is 4.85. The molecule has 2 rings (SSSR count). The van der Waals surface area contributed by atoms with E-state index in [0.717, 1.165) is 51.7 Å². The first-order valence-corrected chi connectivity index (χ1v) is 7.77. The number of nitrogens with zero attached hydrogens (tertiary/aromatic N) is 1. The van der Waals surface area contributed by atoms with Crippen molar-refractivity contribution >= 4 is 5.91 Å². The lowest BCUT2D eigenvalue weighted by atomic mass is 9.75. The molecule has 2 fully saturated rings. The summed E-state index contributed by atoms with van der Waals surface area (Å²) in [6.07, 6.45) is 4.63. The van der Waals surface area contributed by atoms with Crippen LogP contribution in [0.15, 0.2) is 0 Å². The number of amides is 1. The molecular weight excluding hydrogens is 240 g/mol. The van der Waals surface area contributed by atoms with Crippen molar-refractivity contribution in [1.82, 2.24) is 10.2 Å². The lowest BCUT2D eigenvalue weighted by Gasteiger charge is -2.43. The molecule has 0 aromatic carbocycles. The van der Waals surface area contributed by atoms with Crippen molar-refractivity contribution in [2.24, 2.45) is 11.3 Å². The van der Waals surface area contributed by atoms with E-state index in [1.807, 2.05) is 11.8 Å². The summed E-state index contributed by atoms with van der Waals surface area (Å²) in [5.41, 5.74) is -0.186. The second kappa shape index (κ2) is 6.23. The van der Waals surface area contributed by atoms with Gasteiger partial charge < -0.3 is 15.3 Å². The first kappa shape index (κ1) is 14.8. The van der Waals surface area contributed by atoms with Crippen LogP contribution in [0.3, 0.4) is 0 Å². The number of carbonyl (C=O) groups excluding carboxylic acids is 1. The van der Waals surface area contributed by atoms with E-state index >= 15 is 0 Å². The van der Waals surface area contributed by atoms with Crippen LogP contribution >= 0.6 is 0 Å². The smallest absolute Gasteiger partial charge is 0.230 e. The van der Waals surface area contributed by atoms with Gasteiger partial charge in [0, 0.05) is 19.6 Å². The molecule has 0 spiro atoms. The predicted molar refractivity (Wildman–Crippen MR) is 75.8 cm³/mol. The van der Waals surface area contributed by atoms with Gasteiger partial charge in [0.2, 0.25) is 5.91 Å². The number of aliphatic hydroxyl groups is 1. The number of likely N-dealkylation sites (tertiary alicyclic amines) is 1. The topological polar surface area (TPSA) is 52.6 Å². The molecule has 0 aromatic heterocycles. The molecule has 4 nitrogen and oxygen atoms in total. The Labute approximate surface area is 116 Å². The molecular formula is C15H28N2O2. The highest BCUT2D eigenvalue weighted by Crippen LogP contribution is 2.35. The first-order valence-electron chi connectivity index (χ1n) is 7.77. The molecule has 2 aliphatic heterocycles. The van der Waals surface area contributed by atoms with Gasteiger partial charge in [-0.15, -0.1) is 0 Å². The van der Waals surface area contributed by atoms with Crippen LogP contribution in [0, 0.1) is 11.3 Å². The maximum absolute atomic E-state index is 12.9. The van der Waals surface area contributed by atoms with Crippen LogP contribution < -0.4 is 5.32 Å². The largest absolute Gasteiger partial charge is 0.393 e. The molecule has 0 saturated carbocycles. The third-order valence-electron chi connectivity index (χ3n) is 4.80. The Hall–Kier alpha value is -0.610. The van der Waals surface area contributed by atoms with Crippen LogP contribution in [0.25, 0.3) is 0 Å². The molecule has 0 aromatic rings. The summed E-state index contributed by atoms with van der Waals surface area (Å²) in [6.45, 7) is 7.49. The molecule has 3 unspecified atom stereocenters. The lowest BCUT2D eigenvalue weighted by molar-refractivity contribution is -0.147. The lowest BCUT2D eigenvalue weighted by Crippen LogP contribution is -2.55. The third-order valence-corrected chi connectivity index (χ3v) is 4.80. The number of aliphatic hydroxyl groups excluding tert-OH is 1. The molecule has 0 bridgehead atoms. The zero-order chi connectivity index (χ0) is 13.9. The highest BCUT2D eigenvalue weighted by atomic mass is 16.3. The molecule has 3 atom stereocenters. The highest BCUT2D eigenvalue weighted by Gasteiger charge is 2.42. The first-order chi connectivity index (χ1) is 9.09. The van der Waals surface area contributed by atoms with Gasteiger partial charge in [-0.2, -0.15) is 0 Å². The summed E-state index contributed by atoms with van der Waals surface area (Å²) in [6, 6.07) is 0. The van der Waals surface area contributed by atoms with Crippen molar-refractivity contribution < 1.29 is 9.90 Å². The number of piperidine rings is 2. The van der Waals surface area contributed by atoms with E-state index < -0.39 is 0 Å². The Bertz CT molecular complexity index is 308. The average Bonchev–Trinajstić information content (AvgIpc) is 2.42. The van der Waals surface area contributed by atoms with E-state index in [0.29, 0.717) is 12.5 Å². The molecule has 0 radical (unpaired) electrons. The minimum Gasteiger partial charge on any atom is -0.393 e. The van der Waals surface area contributed by atoms with Gasteiger partial charge in [0.05, 0.1) is 11.5 Å². The van der Waals surface area contributed by atoms with Crippen LogP contribution in [0.1, 0.15) is 46.0 Å². The number of rotatable bonds is 3. The van der Waals surface area contributed by atoms with Gasteiger partial charge >= 0.3 is 0 Å². The number of carbonyl (C=O) groups is 1. The number of hydrogen-bond acceptors (Lipinski definition) is 3. The van der Waals surface area contributed by atoms with Crippen molar-refractivity contribution in [1.29, 1.82) is 0 Å². The Morgan fingerprint density at radius 1 is 1.53 bits per heavy atom. The number of hydrogen-bond donors (Lipinski definition) is 2. The van der Waals surface area contributed by atoms with Crippen molar-refractivity contribution in [3.63, 3.8) is 0 Å². The SMILES string of the molecule is CCCC1(C(=O)N2CCC(O)C(C)C2)CCCNC1. The van der Waals surface area contributed by atoms with E-state index in [1.165, 1.54) is 0 Å². The van der Waals surface area contributed by atoms with Gasteiger partial charge in [-0.3, -0.25) is 4.79 Å². The molecule has 2 N–H and O–H groups in total. The average molecular weight is 268 g/mol. The van der Waals surface area contributed by atoms with Gasteiger partial charge in [0.25, 0.3) is 0 Å². The van der Waals surface area contributed by atoms with E-state index in [1.54, 1.807) is 0 Å². The van der Waals surface area contributed by atoms with Gasteiger partial charge in [0.1, 0.15) is 0 Å². The standard InChI is InChI=1S/C15H28N2O2/c1-3-6-15(7-4-8-16-11-15)14(19)17-9-5-13(18)12(2)10-17/h12-13,16,18H,3-11H2,1-2H3. The molecule has 2 saturated heterocycles. The van der Waals surface area contributed by atoms with E-state index in [-0.39, 0.29) is 17.4 Å². The summed E-state index contributed by atoms with van der Waals surface area (Å²) >= 11 is 0. The van der Waals surface area contributed by atoms with Crippen LogP contribution in [0.2, 0.25) is 0 Å². The summed E-state index contributed by atoms with van der Waals surface area (Å²) in [5, 5.41) is 13.2. The van der Waals surface area contributed by atoms with Crippen molar-refractivity contribution in [2.45, 2.75) is 52.1 Å². The molecule has 2 heterocycles. The summed E-state index contributed by atoms with van der Waals surface area (Å²) in [7, 11) is 0. The summed E-state index contributed by atoms with van der Waals surface area (Å²) < 4.78 is 0. The zero-order valence-corrected chi connectivity index (χ0v) is 12.3. The molecule has 2 aliphatic rings. The van der Waals surface area contributed by atoms with E-state index in [4.69, 9.17) is 0 Å². The predicted octanol–water partition coefficient (Wildman–Crippen LogP) is 1.39. The minimum absolute atomic E-state index is 0.186. The van der Waals surface area contributed by atoms with Crippen molar-refractivity contribution in [2.75, 3.05) is 26.2 Å². The van der Waals surface area contributed by atoms with Crippen LogP contribution in [0.5, 0.6) is 0 Å². The van der Waals surface area contributed by atoms with E-state index in [9.17, 15) is 9.90 Å². The molecule has 19 heavy (non-hydrogen) atoms. The number of nitrogens with one attached hydrogen (secondary N) is 1. The minimum atomic E-state index is -0.240. The van der Waals surface area contributed by atoms with E-state index in [2.05, 4.69) is 12.2 Å². The maximum atomic E-state index is 12.9. The molecule has 0 aliphatic carbocycles. The summed E-state index contributed by atoms with van der Waals surface area (Å²) in [4.78, 5) is 14.9. The molecule has 1 amide bonds. The Morgan fingerprint density at radius 2 is 2.32 bits per heavy atom. The van der Waals surface area contributed by atoms with Gasteiger partial charge in [-0.25, -0.2) is 0 Å². The monoisotopic (exact) mass is 268 g/mol. The molecule has 110 valence electrons. The zero-order valence-electron chi connectivity index (χ0n) is 12.3. The highest BCUT2D eigenvalue weighted by molar-refractivity contribution is 5.83. The van der Waals surface area contributed by atoms with Gasteiger partial charge in [-0.05, 0) is 38.1 Å². The van der Waals surface area contributed by atoms with Crippen molar-refractivity contribution in [3.05, 3.63) is 0 Å². The van der Waals surface area contributed by atoms with Crippen LogP contribution in [-0.4, -0.2) is 48.2 Å². The second-order valence-corrected chi connectivity index (χ2v) is 6.40. The Morgan fingerprint density at radius 3 is 2.89 bits per heavy atom. The normalized spacial score (nSPS) is 36.3. The maximum Gasteiger partial charge on any atom is 0.230 e. The summed E-state index contributed by atoms with van der Waals surface area (Å²) in [5.74, 6) is 0.522. The fraction of sp³-hybridized carbons (Fsp3) is 0.933. The van der Waals surface area contributed by atoms with Crippen LogP contribution in [0.4, 0.5) is 0 Å². The van der Waals surface area contributed by atoms with Crippen LogP contribution in [-0.2, 0) is 4.79 Å². The molecule has 4 heteroatoms. The third kappa shape index (κ3) is 3.11. The fourth-order valence-corrected chi connectivity index (χ4v) is 3.60. The quantitative estimate of drug-likeness (QED) is 0.813.